The van der Waals surface area contributed by atoms with Crippen molar-refractivity contribution in [3.8, 4) is 11.4 Å². The molecule has 0 saturated heterocycles. The van der Waals surface area contributed by atoms with E-state index in [-0.39, 0.29) is 5.56 Å². The third kappa shape index (κ3) is 1.52. The zero-order valence-electron chi connectivity index (χ0n) is 10.1. The summed E-state index contributed by atoms with van der Waals surface area (Å²) in [4.78, 5) is 19.3. The van der Waals surface area contributed by atoms with Crippen molar-refractivity contribution in [2.24, 2.45) is 7.05 Å². The first-order valence-electron chi connectivity index (χ1n) is 5.66. The van der Waals surface area contributed by atoms with Crippen LogP contribution in [0.1, 0.15) is 5.69 Å². The fraction of sp³-hybridized carbons (Fsp3) is 0.154. The number of nitrogens with zero attached hydrogens (tertiary/aromatic N) is 3. The molecule has 0 amide bonds. The largest absolute Gasteiger partial charge is 0.306 e. The Labute approximate surface area is 103 Å². The van der Waals surface area contributed by atoms with E-state index in [2.05, 4.69) is 15.1 Å². The monoisotopic (exact) mass is 240 g/mol. The summed E-state index contributed by atoms with van der Waals surface area (Å²) >= 11 is 0. The molecule has 3 aromatic rings. The zero-order valence-corrected chi connectivity index (χ0v) is 10.1. The number of rotatable bonds is 1. The van der Waals surface area contributed by atoms with E-state index in [1.54, 1.807) is 11.7 Å². The smallest absolute Gasteiger partial charge is 0.262 e. The van der Waals surface area contributed by atoms with Gasteiger partial charge in [-0.2, -0.15) is 5.10 Å². The molecule has 5 heteroatoms. The van der Waals surface area contributed by atoms with E-state index < -0.39 is 0 Å². The Balaban J connectivity index is 2.32. The molecule has 18 heavy (non-hydrogen) atoms. The quantitative estimate of drug-likeness (QED) is 0.703. The molecule has 0 aliphatic heterocycles. The maximum absolute atomic E-state index is 12.1. The third-order valence-electron chi connectivity index (χ3n) is 3.04. The van der Waals surface area contributed by atoms with Crippen LogP contribution >= 0.6 is 0 Å². The number of hydrogen-bond acceptors (Lipinski definition) is 3. The standard InChI is InChI=1S/C13H12N4O/c1-8-10-12(16-17(8)2)14-11(15-13(10)18)9-6-4-3-5-7-9/h3-7H,1-2H3,(H,14,15,16,18). The van der Waals surface area contributed by atoms with E-state index in [0.717, 1.165) is 11.3 Å². The lowest BCUT2D eigenvalue weighted by atomic mass is 10.2. The van der Waals surface area contributed by atoms with E-state index in [1.165, 1.54) is 0 Å². The van der Waals surface area contributed by atoms with Gasteiger partial charge in [-0.1, -0.05) is 30.3 Å². The fourth-order valence-electron chi connectivity index (χ4n) is 1.97. The predicted octanol–water partition coefficient (Wildman–Crippen LogP) is 1.63. The minimum atomic E-state index is -0.149. The van der Waals surface area contributed by atoms with Gasteiger partial charge in [0.25, 0.3) is 5.56 Å². The number of H-pyrrole nitrogens is 1. The van der Waals surface area contributed by atoms with E-state index in [0.29, 0.717) is 16.9 Å². The van der Waals surface area contributed by atoms with Crippen LogP contribution in [0.25, 0.3) is 22.4 Å². The van der Waals surface area contributed by atoms with E-state index in [9.17, 15) is 4.79 Å². The van der Waals surface area contributed by atoms with Crippen LogP contribution in [0.3, 0.4) is 0 Å². The van der Waals surface area contributed by atoms with Gasteiger partial charge >= 0.3 is 0 Å². The molecule has 2 heterocycles. The Bertz CT molecular complexity index is 771. The Morgan fingerprint density at radius 3 is 2.67 bits per heavy atom. The highest BCUT2D eigenvalue weighted by molar-refractivity contribution is 5.78. The molecular formula is C13H12N4O. The van der Waals surface area contributed by atoms with Gasteiger partial charge in [0.15, 0.2) is 5.65 Å². The molecule has 5 nitrogen and oxygen atoms in total. The summed E-state index contributed by atoms with van der Waals surface area (Å²) in [5.41, 5.74) is 2.03. The Kier molecular flexibility index (Phi) is 2.26. The van der Waals surface area contributed by atoms with Gasteiger partial charge in [-0.3, -0.25) is 9.48 Å². The van der Waals surface area contributed by atoms with Gasteiger partial charge < -0.3 is 4.98 Å². The van der Waals surface area contributed by atoms with Crippen LogP contribution in [0.15, 0.2) is 35.1 Å². The lowest BCUT2D eigenvalue weighted by molar-refractivity contribution is 0.748. The highest BCUT2D eigenvalue weighted by Crippen LogP contribution is 2.16. The lowest BCUT2D eigenvalue weighted by Gasteiger charge is -1.99. The zero-order chi connectivity index (χ0) is 12.7. The average Bonchev–Trinajstić information content (AvgIpc) is 2.66. The number of hydrogen-bond donors (Lipinski definition) is 1. The topological polar surface area (TPSA) is 63.6 Å². The first kappa shape index (κ1) is 10.7. The Hall–Kier alpha value is -2.43. The fourth-order valence-corrected chi connectivity index (χ4v) is 1.97. The van der Waals surface area contributed by atoms with E-state index in [4.69, 9.17) is 0 Å². The summed E-state index contributed by atoms with van der Waals surface area (Å²) in [5.74, 6) is 0.547. The molecule has 1 aromatic carbocycles. The van der Waals surface area contributed by atoms with Crippen molar-refractivity contribution >= 4 is 11.0 Å². The van der Waals surface area contributed by atoms with Gasteiger partial charge in [0.2, 0.25) is 0 Å². The maximum atomic E-state index is 12.1. The number of aromatic amines is 1. The predicted molar refractivity (Wildman–Crippen MR) is 69.3 cm³/mol. The van der Waals surface area contributed by atoms with Crippen molar-refractivity contribution < 1.29 is 0 Å². The minimum absolute atomic E-state index is 0.149. The number of nitrogens with one attached hydrogen (secondary N) is 1. The summed E-state index contributed by atoms with van der Waals surface area (Å²) in [6.45, 7) is 1.86. The molecule has 1 N–H and O–H groups in total. The molecule has 0 unspecified atom stereocenters. The van der Waals surface area contributed by atoms with Crippen LogP contribution in [0.2, 0.25) is 0 Å². The van der Waals surface area contributed by atoms with Gasteiger partial charge in [-0.25, -0.2) is 4.98 Å². The second-order valence-electron chi connectivity index (χ2n) is 4.19. The summed E-state index contributed by atoms with van der Waals surface area (Å²) in [6.07, 6.45) is 0. The van der Waals surface area contributed by atoms with Crippen LogP contribution in [0.5, 0.6) is 0 Å². The summed E-state index contributed by atoms with van der Waals surface area (Å²) in [5, 5.41) is 4.80. The van der Waals surface area contributed by atoms with Crippen molar-refractivity contribution in [2.75, 3.05) is 0 Å². The molecule has 0 radical (unpaired) electrons. The number of benzene rings is 1. The van der Waals surface area contributed by atoms with E-state index >= 15 is 0 Å². The molecule has 0 aliphatic carbocycles. The van der Waals surface area contributed by atoms with Crippen molar-refractivity contribution in [2.45, 2.75) is 6.92 Å². The maximum Gasteiger partial charge on any atom is 0.262 e. The second-order valence-corrected chi connectivity index (χ2v) is 4.19. The second kappa shape index (κ2) is 3.80. The molecule has 2 aromatic heterocycles. The summed E-state index contributed by atoms with van der Waals surface area (Å²) in [6, 6.07) is 9.54. The van der Waals surface area contributed by atoms with Gasteiger partial charge in [0.1, 0.15) is 11.2 Å². The Morgan fingerprint density at radius 1 is 1.22 bits per heavy atom. The van der Waals surface area contributed by atoms with Gasteiger partial charge in [-0.05, 0) is 6.92 Å². The molecule has 0 bridgehead atoms. The first-order valence-corrected chi connectivity index (χ1v) is 5.66. The number of aromatic nitrogens is 4. The molecule has 90 valence electrons. The van der Waals surface area contributed by atoms with Gasteiger partial charge in [-0.15, -0.1) is 0 Å². The molecular weight excluding hydrogens is 228 g/mol. The van der Waals surface area contributed by atoms with Crippen LogP contribution < -0.4 is 5.56 Å². The number of fused-ring (bicyclic) bond motifs is 1. The molecule has 3 rings (SSSR count). The molecule has 0 aliphatic rings. The van der Waals surface area contributed by atoms with Crippen molar-refractivity contribution in [3.05, 3.63) is 46.4 Å². The van der Waals surface area contributed by atoms with Crippen LogP contribution in [-0.2, 0) is 7.05 Å². The minimum Gasteiger partial charge on any atom is -0.306 e. The van der Waals surface area contributed by atoms with Crippen molar-refractivity contribution in [3.63, 3.8) is 0 Å². The third-order valence-corrected chi connectivity index (χ3v) is 3.04. The summed E-state index contributed by atoms with van der Waals surface area (Å²) in [7, 11) is 1.80. The average molecular weight is 240 g/mol. The van der Waals surface area contributed by atoms with Gasteiger partial charge in [0, 0.05) is 12.6 Å². The van der Waals surface area contributed by atoms with Crippen LogP contribution in [0.4, 0.5) is 0 Å². The first-order chi connectivity index (χ1) is 8.66. The van der Waals surface area contributed by atoms with Crippen molar-refractivity contribution in [1.29, 1.82) is 0 Å². The van der Waals surface area contributed by atoms with E-state index in [1.807, 2.05) is 37.3 Å². The molecule has 0 atom stereocenters. The normalized spacial score (nSPS) is 11.0. The highest BCUT2D eigenvalue weighted by Gasteiger charge is 2.12. The lowest BCUT2D eigenvalue weighted by Crippen LogP contribution is -2.09. The summed E-state index contributed by atoms with van der Waals surface area (Å²) < 4.78 is 1.67. The Morgan fingerprint density at radius 2 is 1.94 bits per heavy atom. The molecule has 0 fully saturated rings. The molecule has 0 saturated carbocycles. The highest BCUT2D eigenvalue weighted by atomic mass is 16.1. The number of aryl methyl sites for hydroxylation is 2. The molecule has 0 spiro atoms. The van der Waals surface area contributed by atoms with Gasteiger partial charge in [0.05, 0.1) is 5.69 Å². The SMILES string of the molecule is Cc1c2c(=O)[nH]c(-c3ccccc3)nc2nn1C. The van der Waals surface area contributed by atoms with Crippen molar-refractivity contribution in [1.82, 2.24) is 19.7 Å². The van der Waals surface area contributed by atoms with Crippen LogP contribution in [0, 0.1) is 6.92 Å². The van der Waals surface area contributed by atoms with Crippen LogP contribution in [-0.4, -0.2) is 19.7 Å².